The number of rotatable bonds is 2. The summed E-state index contributed by atoms with van der Waals surface area (Å²) in [6, 6.07) is 5.89. The first-order valence-corrected chi connectivity index (χ1v) is 8.75. The minimum Gasteiger partial charge on any atom is -0.364 e. The van der Waals surface area contributed by atoms with Gasteiger partial charge in [0, 0.05) is 22.6 Å². The molecule has 110 valence electrons. The lowest BCUT2D eigenvalue weighted by molar-refractivity contribution is 0.252. The van der Waals surface area contributed by atoms with Gasteiger partial charge in [-0.3, -0.25) is 0 Å². The second kappa shape index (κ2) is 6.04. The van der Waals surface area contributed by atoms with Crippen molar-refractivity contribution in [2.45, 2.75) is 50.2 Å². The van der Waals surface area contributed by atoms with E-state index in [2.05, 4.69) is 39.3 Å². The van der Waals surface area contributed by atoms with E-state index in [0.29, 0.717) is 28.2 Å². The number of benzene rings is 1. The molecule has 0 amide bonds. The molecular weight excluding hydrogens is 359 g/mol. The van der Waals surface area contributed by atoms with E-state index in [9.17, 15) is 0 Å². The molecule has 20 heavy (non-hydrogen) atoms. The van der Waals surface area contributed by atoms with Crippen LogP contribution in [-0.2, 0) is 0 Å². The van der Waals surface area contributed by atoms with Gasteiger partial charge in [0.2, 0.25) is 0 Å². The molecule has 3 rings (SSSR count). The molecule has 1 aromatic rings. The second-order valence-electron chi connectivity index (χ2n) is 5.80. The molecule has 2 aliphatic rings. The van der Waals surface area contributed by atoms with Crippen molar-refractivity contribution in [1.29, 1.82) is 0 Å². The molecule has 2 aliphatic heterocycles. The molecule has 2 bridgehead atoms. The van der Waals surface area contributed by atoms with Gasteiger partial charge in [0.25, 0.3) is 0 Å². The summed E-state index contributed by atoms with van der Waals surface area (Å²) in [4.78, 5) is 2.53. The Balaban J connectivity index is 1.96. The van der Waals surface area contributed by atoms with Crippen molar-refractivity contribution < 1.29 is 0 Å². The highest BCUT2D eigenvalue weighted by Crippen LogP contribution is 2.44. The van der Waals surface area contributed by atoms with Crippen LogP contribution in [0, 0.1) is 0 Å². The SMILES string of the molecule is CNC1CC2CCCC(C1)N2c1ccc(Br)c(Cl)c1Cl. The molecule has 2 saturated heterocycles. The van der Waals surface area contributed by atoms with E-state index in [1.54, 1.807) is 0 Å². The third-order valence-corrected chi connectivity index (χ3v) is 6.44. The Morgan fingerprint density at radius 2 is 1.80 bits per heavy atom. The van der Waals surface area contributed by atoms with Crippen molar-refractivity contribution in [2.24, 2.45) is 0 Å². The minimum absolute atomic E-state index is 0.578. The van der Waals surface area contributed by atoms with Crippen molar-refractivity contribution in [3.05, 3.63) is 26.7 Å². The number of piperidine rings is 2. The maximum atomic E-state index is 6.49. The Hall–Kier alpha value is 0.0400. The maximum Gasteiger partial charge on any atom is 0.0837 e. The first-order chi connectivity index (χ1) is 9.61. The molecule has 0 aliphatic carbocycles. The largest absolute Gasteiger partial charge is 0.364 e. The predicted octanol–water partition coefficient (Wildman–Crippen LogP) is 4.87. The van der Waals surface area contributed by atoms with Crippen LogP contribution in [0.25, 0.3) is 0 Å². The molecule has 1 aromatic carbocycles. The van der Waals surface area contributed by atoms with Crippen LogP contribution in [0.1, 0.15) is 32.1 Å². The van der Waals surface area contributed by atoms with Crippen molar-refractivity contribution >= 4 is 44.8 Å². The summed E-state index contributed by atoms with van der Waals surface area (Å²) in [5.41, 5.74) is 1.10. The quantitative estimate of drug-likeness (QED) is 0.740. The highest BCUT2D eigenvalue weighted by atomic mass is 79.9. The van der Waals surface area contributed by atoms with Crippen LogP contribution in [-0.4, -0.2) is 25.2 Å². The van der Waals surface area contributed by atoms with Gasteiger partial charge in [-0.15, -0.1) is 0 Å². The summed E-state index contributed by atoms with van der Waals surface area (Å²) in [6.45, 7) is 0. The minimum atomic E-state index is 0.578. The molecule has 2 unspecified atom stereocenters. The van der Waals surface area contributed by atoms with Gasteiger partial charge in [-0.05, 0) is 67.2 Å². The molecule has 0 radical (unpaired) electrons. The first kappa shape index (κ1) is 15.0. The standard InChI is InChI=1S/C15H19BrCl2N2/c1-19-9-7-10-3-2-4-11(8-9)20(10)13-6-5-12(16)14(17)15(13)18/h5-6,9-11,19H,2-4,7-8H2,1H3. The highest BCUT2D eigenvalue weighted by Gasteiger charge is 2.38. The lowest BCUT2D eigenvalue weighted by Crippen LogP contribution is -2.56. The van der Waals surface area contributed by atoms with Crippen LogP contribution < -0.4 is 10.2 Å². The molecular formula is C15H19BrCl2N2. The Morgan fingerprint density at radius 1 is 1.15 bits per heavy atom. The van der Waals surface area contributed by atoms with Gasteiger partial charge in [0.1, 0.15) is 0 Å². The van der Waals surface area contributed by atoms with Crippen LogP contribution in [0.5, 0.6) is 0 Å². The Bertz CT molecular complexity index is 495. The number of anilines is 1. The first-order valence-electron chi connectivity index (χ1n) is 7.21. The predicted molar refractivity (Wildman–Crippen MR) is 90.1 cm³/mol. The smallest absolute Gasteiger partial charge is 0.0837 e. The zero-order valence-electron chi connectivity index (χ0n) is 11.5. The number of fused-ring (bicyclic) bond motifs is 2. The second-order valence-corrected chi connectivity index (χ2v) is 7.41. The summed E-state index contributed by atoms with van der Waals surface area (Å²) in [7, 11) is 2.07. The van der Waals surface area contributed by atoms with E-state index in [-0.39, 0.29) is 0 Å². The van der Waals surface area contributed by atoms with Crippen molar-refractivity contribution in [3.63, 3.8) is 0 Å². The molecule has 0 spiro atoms. The summed E-state index contributed by atoms with van der Waals surface area (Å²) in [5, 5.41) is 4.75. The van der Waals surface area contributed by atoms with E-state index in [4.69, 9.17) is 23.2 Å². The van der Waals surface area contributed by atoms with Crippen LogP contribution in [0.2, 0.25) is 10.0 Å². The van der Waals surface area contributed by atoms with Crippen molar-refractivity contribution in [1.82, 2.24) is 5.32 Å². The molecule has 2 atom stereocenters. The molecule has 2 nitrogen and oxygen atoms in total. The fourth-order valence-electron chi connectivity index (χ4n) is 3.73. The van der Waals surface area contributed by atoms with Gasteiger partial charge in [0.05, 0.1) is 15.7 Å². The van der Waals surface area contributed by atoms with Gasteiger partial charge in [-0.25, -0.2) is 0 Å². The number of halogens is 3. The zero-order valence-corrected chi connectivity index (χ0v) is 14.6. The van der Waals surface area contributed by atoms with E-state index in [0.717, 1.165) is 10.2 Å². The summed E-state index contributed by atoms with van der Waals surface area (Å²) >= 11 is 16.2. The molecule has 0 saturated carbocycles. The Morgan fingerprint density at radius 3 is 2.40 bits per heavy atom. The van der Waals surface area contributed by atoms with Crippen molar-refractivity contribution in [3.8, 4) is 0 Å². The molecule has 5 heteroatoms. The zero-order chi connectivity index (χ0) is 14.3. The van der Waals surface area contributed by atoms with Crippen LogP contribution in [0.4, 0.5) is 5.69 Å². The lowest BCUT2D eigenvalue weighted by atomic mass is 9.81. The van der Waals surface area contributed by atoms with Gasteiger partial charge in [-0.1, -0.05) is 23.2 Å². The molecule has 2 heterocycles. The normalized spacial score (nSPS) is 29.6. The number of nitrogens with zero attached hydrogens (tertiary/aromatic N) is 1. The van der Waals surface area contributed by atoms with Crippen LogP contribution >= 0.6 is 39.1 Å². The number of hydrogen-bond acceptors (Lipinski definition) is 2. The monoisotopic (exact) mass is 376 g/mol. The summed E-state index contributed by atoms with van der Waals surface area (Å²) in [6.07, 6.45) is 6.20. The van der Waals surface area contributed by atoms with Gasteiger partial charge < -0.3 is 10.2 Å². The van der Waals surface area contributed by atoms with Crippen LogP contribution in [0.3, 0.4) is 0 Å². The van der Waals surface area contributed by atoms with E-state index >= 15 is 0 Å². The Kier molecular flexibility index (Phi) is 4.51. The third kappa shape index (κ3) is 2.58. The van der Waals surface area contributed by atoms with E-state index in [1.807, 2.05) is 6.07 Å². The lowest BCUT2D eigenvalue weighted by Gasteiger charge is -2.50. The fourth-order valence-corrected chi connectivity index (χ4v) is 4.59. The van der Waals surface area contributed by atoms with Crippen LogP contribution in [0.15, 0.2) is 16.6 Å². The number of hydrogen-bond donors (Lipinski definition) is 1. The summed E-state index contributed by atoms with van der Waals surface area (Å²) < 4.78 is 0.864. The van der Waals surface area contributed by atoms with Gasteiger partial charge in [0.15, 0.2) is 0 Å². The maximum absolute atomic E-state index is 6.49. The van der Waals surface area contributed by atoms with E-state index < -0.39 is 0 Å². The van der Waals surface area contributed by atoms with Gasteiger partial charge >= 0.3 is 0 Å². The average Bonchev–Trinajstić information content (AvgIpc) is 2.44. The third-order valence-electron chi connectivity index (χ3n) is 4.68. The average molecular weight is 378 g/mol. The van der Waals surface area contributed by atoms with E-state index in [1.165, 1.54) is 32.1 Å². The summed E-state index contributed by atoms with van der Waals surface area (Å²) in [5.74, 6) is 0. The van der Waals surface area contributed by atoms with Gasteiger partial charge in [-0.2, -0.15) is 0 Å². The molecule has 1 N–H and O–H groups in total. The topological polar surface area (TPSA) is 15.3 Å². The molecule has 0 aromatic heterocycles. The van der Waals surface area contributed by atoms with Crippen molar-refractivity contribution in [2.75, 3.05) is 11.9 Å². The highest BCUT2D eigenvalue weighted by molar-refractivity contribution is 9.10. The number of nitrogens with one attached hydrogen (secondary N) is 1. The fraction of sp³-hybridized carbons (Fsp3) is 0.600. The Labute approximate surface area is 138 Å². The molecule has 2 fully saturated rings.